The van der Waals surface area contributed by atoms with Gasteiger partial charge in [0.15, 0.2) is 0 Å². The van der Waals surface area contributed by atoms with Crippen LogP contribution in [0.25, 0.3) is 11.3 Å². The Bertz CT molecular complexity index is 1120. The maximum Gasteiger partial charge on any atom is 0.240 e. The van der Waals surface area contributed by atoms with Crippen molar-refractivity contribution in [2.45, 2.75) is 44.2 Å². The first-order valence-electron chi connectivity index (χ1n) is 9.07. The molecule has 2 heterocycles. The number of para-hydroxylation sites is 1. The molecule has 0 radical (unpaired) electrons. The van der Waals surface area contributed by atoms with Crippen LogP contribution >= 0.6 is 0 Å². The van der Waals surface area contributed by atoms with Crippen molar-refractivity contribution >= 4 is 21.7 Å². The molecule has 3 rings (SSSR count). The lowest BCUT2D eigenvalue weighted by Gasteiger charge is -2.16. The van der Waals surface area contributed by atoms with Crippen molar-refractivity contribution in [2.24, 2.45) is 5.14 Å². The van der Waals surface area contributed by atoms with E-state index in [2.05, 4.69) is 20.4 Å². The van der Waals surface area contributed by atoms with Gasteiger partial charge in [0.25, 0.3) is 0 Å². The molecule has 0 bridgehead atoms. The highest BCUT2D eigenvalue weighted by Gasteiger charge is 2.17. The van der Waals surface area contributed by atoms with Crippen LogP contribution in [0.4, 0.5) is 11.6 Å². The van der Waals surface area contributed by atoms with Crippen molar-refractivity contribution in [2.75, 3.05) is 5.32 Å². The lowest BCUT2D eigenvalue weighted by molar-refractivity contribution is 0.0577. The minimum absolute atomic E-state index is 0.0392. The minimum atomic E-state index is -3.90. The van der Waals surface area contributed by atoms with Gasteiger partial charge in [-0.3, -0.25) is 4.68 Å². The Morgan fingerprint density at radius 3 is 2.62 bits per heavy atom. The molecule has 4 N–H and O–H groups in total. The second-order valence-corrected chi connectivity index (χ2v) is 8.86. The van der Waals surface area contributed by atoms with E-state index in [1.165, 1.54) is 6.07 Å². The van der Waals surface area contributed by atoms with Gasteiger partial charge in [-0.15, -0.1) is 0 Å². The zero-order valence-electron chi connectivity index (χ0n) is 16.5. The van der Waals surface area contributed by atoms with Crippen LogP contribution in [-0.4, -0.2) is 38.9 Å². The van der Waals surface area contributed by atoms with Gasteiger partial charge in [-0.2, -0.15) is 5.10 Å². The molecule has 1 aromatic carbocycles. The number of hydrogen-bond acceptors (Lipinski definition) is 7. The molecule has 0 unspecified atom stereocenters. The molecule has 0 amide bonds. The predicted octanol–water partition coefficient (Wildman–Crippen LogP) is 2.06. The Kier molecular flexibility index (Phi) is 5.69. The highest BCUT2D eigenvalue weighted by atomic mass is 32.2. The van der Waals surface area contributed by atoms with Gasteiger partial charge < -0.3 is 10.4 Å². The fraction of sp³-hybridized carbons (Fsp3) is 0.316. The number of primary sulfonamides is 1. The van der Waals surface area contributed by atoms with Crippen LogP contribution in [0.1, 0.15) is 26.3 Å². The van der Waals surface area contributed by atoms with Crippen molar-refractivity contribution in [3.63, 3.8) is 0 Å². The molecule has 0 saturated carbocycles. The van der Waals surface area contributed by atoms with E-state index in [0.717, 1.165) is 11.1 Å². The van der Waals surface area contributed by atoms with Gasteiger partial charge in [-0.05, 0) is 38.0 Å². The fourth-order valence-electron chi connectivity index (χ4n) is 2.88. The summed E-state index contributed by atoms with van der Waals surface area (Å²) in [5.41, 5.74) is 1.77. The Hall–Kier alpha value is -2.82. The molecule has 0 aliphatic heterocycles. The summed E-state index contributed by atoms with van der Waals surface area (Å²) < 4.78 is 25.3. The van der Waals surface area contributed by atoms with Crippen molar-refractivity contribution in [3.8, 4) is 11.3 Å². The first-order chi connectivity index (χ1) is 13.6. The summed E-state index contributed by atoms with van der Waals surface area (Å²) in [6.07, 6.45) is 5.88. The Balaban J connectivity index is 1.97. The number of aromatic nitrogens is 4. The molecular formula is C19H24N6O3S. The summed E-state index contributed by atoms with van der Waals surface area (Å²) in [5, 5.41) is 22.5. The number of aliphatic hydroxyl groups is 1. The normalized spacial score (nSPS) is 12.2. The summed E-state index contributed by atoms with van der Waals surface area (Å²) in [6.45, 7) is 5.75. The molecule has 154 valence electrons. The number of anilines is 2. The van der Waals surface area contributed by atoms with Crippen LogP contribution in [0.5, 0.6) is 0 Å². The zero-order valence-corrected chi connectivity index (χ0v) is 17.3. The van der Waals surface area contributed by atoms with E-state index in [1.54, 1.807) is 49.1 Å². The van der Waals surface area contributed by atoms with Gasteiger partial charge in [-0.25, -0.2) is 23.5 Å². The average molecular weight is 417 g/mol. The van der Waals surface area contributed by atoms with E-state index < -0.39 is 15.6 Å². The van der Waals surface area contributed by atoms with Crippen LogP contribution < -0.4 is 10.5 Å². The molecule has 2 aromatic heterocycles. The second kappa shape index (κ2) is 7.90. The van der Waals surface area contributed by atoms with Gasteiger partial charge in [-0.1, -0.05) is 19.1 Å². The third kappa shape index (κ3) is 5.17. The number of nitrogens with one attached hydrogen (secondary N) is 1. The molecule has 9 nitrogen and oxygen atoms in total. The molecule has 0 spiro atoms. The lowest BCUT2D eigenvalue weighted by Crippen LogP contribution is -2.26. The third-order valence-corrected chi connectivity index (χ3v) is 5.11. The number of benzene rings is 1. The van der Waals surface area contributed by atoms with Crippen LogP contribution in [-0.2, 0) is 23.0 Å². The highest BCUT2D eigenvalue weighted by Crippen LogP contribution is 2.26. The summed E-state index contributed by atoms with van der Waals surface area (Å²) in [7, 11) is -3.90. The molecule has 0 atom stereocenters. The topological polar surface area (TPSA) is 136 Å². The molecular weight excluding hydrogens is 392 g/mol. The van der Waals surface area contributed by atoms with E-state index in [4.69, 9.17) is 5.14 Å². The van der Waals surface area contributed by atoms with Crippen LogP contribution in [0.3, 0.4) is 0 Å². The maximum absolute atomic E-state index is 11.8. The van der Waals surface area contributed by atoms with Crippen LogP contribution in [0.2, 0.25) is 0 Å². The van der Waals surface area contributed by atoms with Gasteiger partial charge in [0.2, 0.25) is 16.0 Å². The predicted molar refractivity (Wildman–Crippen MR) is 110 cm³/mol. The molecule has 0 aliphatic rings. The Morgan fingerprint density at radius 1 is 1.24 bits per heavy atom. The van der Waals surface area contributed by atoms with Crippen molar-refractivity contribution in [3.05, 3.63) is 48.4 Å². The standard InChI is InChI=1S/C19H24N6O3S/c1-4-13-9-21-18(23-15-7-5-6-8-16(15)29(20,27)28)24-17(13)14-10-22-25(11-14)12-19(2,3)26/h5-11,26H,4,12H2,1-3H3,(H2,20,27,28)(H,21,23,24). The minimum Gasteiger partial charge on any atom is -0.389 e. The van der Waals surface area contributed by atoms with E-state index in [1.807, 2.05) is 13.1 Å². The fourth-order valence-corrected chi connectivity index (χ4v) is 3.58. The van der Waals surface area contributed by atoms with E-state index in [-0.39, 0.29) is 10.8 Å². The molecule has 29 heavy (non-hydrogen) atoms. The Morgan fingerprint density at radius 2 is 1.97 bits per heavy atom. The Labute approximate surface area is 169 Å². The van der Waals surface area contributed by atoms with Gasteiger partial charge in [0.1, 0.15) is 4.90 Å². The second-order valence-electron chi connectivity index (χ2n) is 7.33. The molecule has 0 aliphatic carbocycles. The number of nitrogens with two attached hydrogens (primary N) is 1. The number of aryl methyl sites for hydroxylation is 1. The summed E-state index contributed by atoms with van der Waals surface area (Å²) >= 11 is 0. The molecule has 10 heteroatoms. The van der Waals surface area contributed by atoms with E-state index >= 15 is 0 Å². The van der Waals surface area contributed by atoms with Crippen molar-refractivity contribution in [1.82, 2.24) is 19.7 Å². The molecule has 0 saturated heterocycles. The third-order valence-electron chi connectivity index (χ3n) is 4.14. The van der Waals surface area contributed by atoms with E-state index in [9.17, 15) is 13.5 Å². The summed E-state index contributed by atoms with van der Waals surface area (Å²) in [5.74, 6) is 0.239. The number of nitrogens with zero attached hydrogens (tertiary/aromatic N) is 4. The van der Waals surface area contributed by atoms with E-state index in [0.29, 0.717) is 24.3 Å². The quantitative estimate of drug-likeness (QED) is 0.536. The van der Waals surface area contributed by atoms with Gasteiger partial charge in [0, 0.05) is 18.0 Å². The van der Waals surface area contributed by atoms with Gasteiger partial charge in [0.05, 0.1) is 29.7 Å². The smallest absolute Gasteiger partial charge is 0.240 e. The van der Waals surface area contributed by atoms with Crippen LogP contribution in [0, 0.1) is 0 Å². The SMILES string of the molecule is CCc1cnc(Nc2ccccc2S(N)(=O)=O)nc1-c1cnn(CC(C)(C)O)c1. The van der Waals surface area contributed by atoms with Crippen LogP contribution in [0.15, 0.2) is 47.8 Å². The summed E-state index contributed by atoms with van der Waals surface area (Å²) in [4.78, 5) is 8.82. The molecule has 0 fully saturated rings. The number of rotatable bonds is 7. The highest BCUT2D eigenvalue weighted by molar-refractivity contribution is 7.89. The monoisotopic (exact) mass is 416 g/mol. The molecule has 3 aromatic rings. The largest absolute Gasteiger partial charge is 0.389 e. The zero-order chi connectivity index (χ0) is 21.2. The average Bonchev–Trinajstić information content (AvgIpc) is 3.07. The summed E-state index contributed by atoms with van der Waals surface area (Å²) in [6, 6.07) is 6.30. The van der Waals surface area contributed by atoms with Crippen molar-refractivity contribution in [1.29, 1.82) is 0 Å². The maximum atomic E-state index is 11.8. The number of sulfonamides is 1. The van der Waals surface area contributed by atoms with Gasteiger partial charge >= 0.3 is 0 Å². The number of hydrogen-bond donors (Lipinski definition) is 3. The van der Waals surface area contributed by atoms with Crippen molar-refractivity contribution < 1.29 is 13.5 Å². The first-order valence-corrected chi connectivity index (χ1v) is 10.6. The first kappa shape index (κ1) is 20.9. The lowest BCUT2D eigenvalue weighted by atomic mass is 10.1.